The molecule has 0 radical (unpaired) electrons. The third kappa shape index (κ3) is 3.86. The number of carbonyl (C=O) groups excluding carboxylic acids is 1. The quantitative estimate of drug-likeness (QED) is 0.610. The van der Waals surface area contributed by atoms with Crippen LogP contribution in [0.3, 0.4) is 0 Å². The van der Waals surface area contributed by atoms with E-state index in [4.69, 9.17) is 9.47 Å². The van der Waals surface area contributed by atoms with Gasteiger partial charge in [-0.05, 0) is 56.3 Å². The van der Waals surface area contributed by atoms with Gasteiger partial charge in [-0.2, -0.15) is 0 Å². The van der Waals surface area contributed by atoms with Crippen LogP contribution in [0, 0.1) is 19.7 Å². The summed E-state index contributed by atoms with van der Waals surface area (Å²) in [5.41, 5.74) is 3.84. The van der Waals surface area contributed by atoms with Crippen LogP contribution in [-0.2, 0) is 0 Å². The first-order valence-corrected chi connectivity index (χ1v) is 8.88. The SMILES string of the molecule is COc1ccc(OC)c(NCC(=O)c2cc(C)n(-c3ccc(F)cc3)c2C)c1. The molecule has 28 heavy (non-hydrogen) atoms. The summed E-state index contributed by atoms with van der Waals surface area (Å²) >= 11 is 0. The molecule has 0 spiro atoms. The number of rotatable bonds is 7. The monoisotopic (exact) mass is 382 g/mol. The Labute approximate surface area is 163 Å². The summed E-state index contributed by atoms with van der Waals surface area (Å²) in [6.07, 6.45) is 0. The second-order valence-electron chi connectivity index (χ2n) is 6.44. The Morgan fingerprint density at radius 1 is 1.04 bits per heavy atom. The first-order chi connectivity index (χ1) is 13.4. The minimum absolute atomic E-state index is 0.0497. The predicted octanol–water partition coefficient (Wildman–Crippen LogP) is 4.55. The van der Waals surface area contributed by atoms with Crippen molar-refractivity contribution in [3.05, 3.63) is 71.3 Å². The molecular weight excluding hydrogens is 359 g/mol. The average molecular weight is 382 g/mol. The summed E-state index contributed by atoms with van der Waals surface area (Å²) < 4.78 is 25.7. The van der Waals surface area contributed by atoms with Crippen molar-refractivity contribution in [1.82, 2.24) is 4.57 Å². The molecule has 0 amide bonds. The van der Waals surface area contributed by atoms with Crippen LogP contribution in [0.1, 0.15) is 21.7 Å². The summed E-state index contributed by atoms with van der Waals surface area (Å²) in [4.78, 5) is 12.8. The van der Waals surface area contributed by atoms with Gasteiger partial charge in [0.1, 0.15) is 17.3 Å². The molecule has 146 valence electrons. The number of aromatic nitrogens is 1. The van der Waals surface area contributed by atoms with Crippen molar-refractivity contribution in [3.63, 3.8) is 0 Å². The fourth-order valence-corrected chi connectivity index (χ4v) is 3.26. The largest absolute Gasteiger partial charge is 0.497 e. The standard InChI is InChI=1S/C22H23FN2O3/c1-14-11-19(15(2)25(14)17-7-5-16(23)6-8-17)21(26)13-24-20-12-18(27-3)9-10-22(20)28-4/h5-12,24H,13H2,1-4H3. The maximum Gasteiger partial charge on any atom is 0.183 e. The van der Waals surface area contributed by atoms with E-state index in [9.17, 15) is 9.18 Å². The second-order valence-corrected chi connectivity index (χ2v) is 6.44. The second kappa shape index (κ2) is 8.17. The lowest BCUT2D eigenvalue weighted by molar-refractivity contribution is 0.101. The number of carbonyl (C=O) groups is 1. The van der Waals surface area contributed by atoms with Gasteiger partial charge in [-0.25, -0.2) is 4.39 Å². The lowest BCUT2D eigenvalue weighted by Gasteiger charge is -2.12. The van der Waals surface area contributed by atoms with Crippen LogP contribution in [-0.4, -0.2) is 31.1 Å². The normalized spacial score (nSPS) is 10.6. The maximum absolute atomic E-state index is 13.2. The molecule has 0 unspecified atom stereocenters. The minimum atomic E-state index is -0.293. The van der Waals surface area contributed by atoms with Crippen LogP contribution < -0.4 is 14.8 Å². The number of methoxy groups -OCH3 is 2. The molecule has 5 nitrogen and oxygen atoms in total. The number of nitrogens with one attached hydrogen (secondary N) is 1. The van der Waals surface area contributed by atoms with Crippen molar-refractivity contribution in [1.29, 1.82) is 0 Å². The highest BCUT2D eigenvalue weighted by Gasteiger charge is 2.17. The molecule has 1 N–H and O–H groups in total. The molecule has 0 atom stereocenters. The number of Topliss-reactive ketones (excluding diaryl/α,β-unsaturated/α-hetero) is 1. The van der Waals surface area contributed by atoms with Crippen LogP contribution in [0.5, 0.6) is 11.5 Å². The van der Waals surface area contributed by atoms with E-state index in [1.54, 1.807) is 44.6 Å². The Bertz CT molecular complexity index is 994. The highest BCUT2D eigenvalue weighted by Crippen LogP contribution is 2.29. The number of anilines is 1. The molecule has 0 aliphatic heterocycles. The molecule has 0 fully saturated rings. The van der Waals surface area contributed by atoms with Crippen LogP contribution in [0.15, 0.2) is 48.5 Å². The van der Waals surface area contributed by atoms with Crippen LogP contribution in [0.25, 0.3) is 5.69 Å². The molecule has 1 aromatic heterocycles. The third-order valence-corrected chi connectivity index (χ3v) is 4.66. The molecule has 3 rings (SSSR count). The van der Waals surface area contributed by atoms with Gasteiger partial charge in [0.15, 0.2) is 5.78 Å². The molecule has 0 bridgehead atoms. The summed E-state index contributed by atoms with van der Waals surface area (Å²) in [5.74, 6) is 0.959. The van der Waals surface area contributed by atoms with Crippen molar-refractivity contribution < 1.29 is 18.7 Å². The zero-order valence-corrected chi connectivity index (χ0v) is 16.4. The lowest BCUT2D eigenvalue weighted by atomic mass is 10.1. The first-order valence-electron chi connectivity index (χ1n) is 8.88. The fourth-order valence-electron chi connectivity index (χ4n) is 3.26. The van der Waals surface area contributed by atoms with Gasteiger partial charge in [0.25, 0.3) is 0 Å². The topological polar surface area (TPSA) is 52.5 Å². The zero-order valence-electron chi connectivity index (χ0n) is 16.4. The summed E-state index contributed by atoms with van der Waals surface area (Å²) in [7, 11) is 3.16. The molecule has 0 saturated heterocycles. The molecule has 0 saturated carbocycles. The number of aryl methyl sites for hydroxylation is 1. The Morgan fingerprint density at radius 2 is 1.75 bits per heavy atom. The Kier molecular flexibility index (Phi) is 5.68. The molecule has 1 heterocycles. The zero-order chi connectivity index (χ0) is 20.3. The van der Waals surface area contributed by atoms with Gasteiger partial charge < -0.3 is 19.4 Å². The van der Waals surface area contributed by atoms with Gasteiger partial charge in [0.2, 0.25) is 0 Å². The highest BCUT2D eigenvalue weighted by molar-refractivity contribution is 6.00. The minimum Gasteiger partial charge on any atom is -0.497 e. The summed E-state index contributed by atoms with van der Waals surface area (Å²) in [5, 5.41) is 3.13. The van der Waals surface area contributed by atoms with Crippen molar-refractivity contribution in [3.8, 4) is 17.2 Å². The maximum atomic E-state index is 13.2. The third-order valence-electron chi connectivity index (χ3n) is 4.66. The van der Waals surface area contributed by atoms with Gasteiger partial charge in [0.05, 0.1) is 26.5 Å². The van der Waals surface area contributed by atoms with Gasteiger partial charge in [0, 0.05) is 28.7 Å². The number of halogens is 1. The molecule has 3 aromatic rings. The van der Waals surface area contributed by atoms with Crippen molar-refractivity contribution in [2.75, 3.05) is 26.1 Å². The Balaban J connectivity index is 1.82. The Hall–Kier alpha value is -3.28. The number of ketones is 1. The van der Waals surface area contributed by atoms with E-state index in [0.717, 1.165) is 17.1 Å². The Morgan fingerprint density at radius 3 is 2.39 bits per heavy atom. The van der Waals surface area contributed by atoms with Gasteiger partial charge in [-0.1, -0.05) is 0 Å². The van der Waals surface area contributed by atoms with E-state index in [1.807, 2.05) is 24.5 Å². The summed E-state index contributed by atoms with van der Waals surface area (Å²) in [6, 6.07) is 13.4. The van der Waals surface area contributed by atoms with Crippen LogP contribution in [0.4, 0.5) is 10.1 Å². The fraction of sp³-hybridized carbons (Fsp3) is 0.227. The molecule has 2 aromatic carbocycles. The highest BCUT2D eigenvalue weighted by atomic mass is 19.1. The van der Waals surface area contributed by atoms with Gasteiger partial charge in [-0.15, -0.1) is 0 Å². The van der Waals surface area contributed by atoms with Gasteiger partial charge >= 0.3 is 0 Å². The van der Waals surface area contributed by atoms with Crippen LogP contribution in [0.2, 0.25) is 0 Å². The molecule has 0 aliphatic carbocycles. The van der Waals surface area contributed by atoms with Crippen molar-refractivity contribution >= 4 is 11.5 Å². The average Bonchev–Trinajstić information content (AvgIpc) is 3.00. The van der Waals surface area contributed by atoms with E-state index in [-0.39, 0.29) is 18.1 Å². The number of nitrogens with zero attached hydrogens (tertiary/aromatic N) is 1. The van der Waals surface area contributed by atoms with Crippen molar-refractivity contribution in [2.24, 2.45) is 0 Å². The number of benzene rings is 2. The first kappa shape index (κ1) is 19.5. The number of hydrogen-bond acceptors (Lipinski definition) is 4. The van der Waals surface area contributed by atoms with E-state index in [1.165, 1.54) is 12.1 Å². The summed E-state index contributed by atoms with van der Waals surface area (Å²) in [6.45, 7) is 3.92. The van der Waals surface area contributed by atoms with Crippen LogP contribution >= 0.6 is 0 Å². The van der Waals surface area contributed by atoms with E-state index >= 15 is 0 Å². The molecular formula is C22H23FN2O3. The number of ether oxygens (including phenoxy) is 2. The smallest absolute Gasteiger partial charge is 0.183 e. The van der Waals surface area contributed by atoms with Gasteiger partial charge in [-0.3, -0.25) is 4.79 Å². The van der Waals surface area contributed by atoms with Crippen molar-refractivity contribution in [2.45, 2.75) is 13.8 Å². The predicted molar refractivity (Wildman–Crippen MR) is 108 cm³/mol. The molecule has 0 aliphatic rings. The lowest BCUT2D eigenvalue weighted by Crippen LogP contribution is -2.15. The van der Waals surface area contributed by atoms with E-state index in [0.29, 0.717) is 22.7 Å². The van der Waals surface area contributed by atoms with E-state index in [2.05, 4.69) is 5.32 Å². The van der Waals surface area contributed by atoms with E-state index < -0.39 is 0 Å². The molecule has 6 heteroatoms. The number of hydrogen-bond donors (Lipinski definition) is 1.